The first-order chi connectivity index (χ1) is 7.09. The molecule has 1 aromatic rings. The molecule has 15 heavy (non-hydrogen) atoms. The summed E-state index contributed by atoms with van der Waals surface area (Å²) in [6, 6.07) is 7.26. The van der Waals surface area contributed by atoms with Gasteiger partial charge in [-0.05, 0) is 30.5 Å². The summed E-state index contributed by atoms with van der Waals surface area (Å²) in [6.07, 6.45) is 1.01. The van der Waals surface area contributed by atoms with E-state index in [0.717, 1.165) is 17.9 Å². The molecule has 0 aliphatic heterocycles. The first kappa shape index (κ1) is 12.1. The molecule has 1 N–H and O–H groups in total. The van der Waals surface area contributed by atoms with Gasteiger partial charge in [-0.25, -0.2) is 0 Å². The van der Waals surface area contributed by atoms with Crippen LogP contribution in [0.5, 0.6) is 0 Å². The van der Waals surface area contributed by atoms with Crippen molar-refractivity contribution in [3.8, 4) is 0 Å². The predicted octanol–water partition coefficient (Wildman–Crippen LogP) is 2.75. The molecule has 0 fully saturated rings. The maximum Gasteiger partial charge on any atom is 0.251 e. The maximum absolute atomic E-state index is 11.6. The zero-order valence-electron chi connectivity index (χ0n) is 9.16. The van der Waals surface area contributed by atoms with Crippen molar-refractivity contribution in [2.24, 2.45) is 5.92 Å². The molecule has 3 heteroatoms. The van der Waals surface area contributed by atoms with Crippen LogP contribution in [0.15, 0.2) is 29.2 Å². The van der Waals surface area contributed by atoms with Crippen LogP contribution in [0.4, 0.5) is 0 Å². The fourth-order valence-corrected chi connectivity index (χ4v) is 1.45. The Labute approximate surface area is 96.5 Å². The van der Waals surface area contributed by atoms with Crippen molar-refractivity contribution in [1.82, 2.24) is 5.32 Å². The quantitative estimate of drug-likeness (QED) is 0.755. The molecule has 0 aliphatic carbocycles. The molecule has 0 radical (unpaired) electrons. The van der Waals surface area contributed by atoms with Gasteiger partial charge in [-0.15, -0.1) is 12.6 Å². The Morgan fingerprint density at radius 1 is 1.47 bits per heavy atom. The van der Waals surface area contributed by atoms with Crippen molar-refractivity contribution in [2.75, 3.05) is 6.54 Å². The summed E-state index contributed by atoms with van der Waals surface area (Å²) >= 11 is 4.19. The molecule has 0 heterocycles. The van der Waals surface area contributed by atoms with Crippen LogP contribution in [0, 0.1) is 5.92 Å². The summed E-state index contributed by atoms with van der Waals surface area (Å²) in [5, 5.41) is 2.88. The Kier molecular flexibility index (Phi) is 4.69. The van der Waals surface area contributed by atoms with Crippen molar-refractivity contribution in [3.05, 3.63) is 29.8 Å². The van der Waals surface area contributed by atoms with E-state index in [-0.39, 0.29) is 5.91 Å². The van der Waals surface area contributed by atoms with E-state index in [4.69, 9.17) is 0 Å². The minimum Gasteiger partial charge on any atom is -0.352 e. The second kappa shape index (κ2) is 5.81. The number of rotatable bonds is 4. The summed E-state index contributed by atoms with van der Waals surface area (Å²) in [5.74, 6) is 0.591. The van der Waals surface area contributed by atoms with Gasteiger partial charge in [0.25, 0.3) is 5.91 Å². The van der Waals surface area contributed by atoms with Gasteiger partial charge in [0.05, 0.1) is 0 Å². The van der Waals surface area contributed by atoms with E-state index < -0.39 is 0 Å². The molecular weight excluding hydrogens is 206 g/mol. The largest absolute Gasteiger partial charge is 0.352 e. The summed E-state index contributed by atoms with van der Waals surface area (Å²) in [6.45, 7) is 5.01. The number of hydrogen-bond donors (Lipinski definition) is 2. The van der Waals surface area contributed by atoms with Crippen molar-refractivity contribution in [3.63, 3.8) is 0 Å². The van der Waals surface area contributed by atoms with Crippen LogP contribution in [-0.4, -0.2) is 12.5 Å². The lowest BCUT2D eigenvalue weighted by Gasteiger charge is -2.07. The van der Waals surface area contributed by atoms with Crippen molar-refractivity contribution < 1.29 is 4.79 Å². The zero-order chi connectivity index (χ0) is 11.3. The van der Waals surface area contributed by atoms with E-state index in [1.807, 2.05) is 12.1 Å². The molecule has 0 aromatic heterocycles. The van der Waals surface area contributed by atoms with Crippen molar-refractivity contribution >= 4 is 18.5 Å². The molecule has 82 valence electrons. The van der Waals surface area contributed by atoms with Gasteiger partial charge in [-0.1, -0.05) is 19.9 Å². The zero-order valence-corrected chi connectivity index (χ0v) is 10.1. The second-order valence-corrected chi connectivity index (χ2v) is 4.51. The van der Waals surface area contributed by atoms with Crippen LogP contribution in [-0.2, 0) is 0 Å². The van der Waals surface area contributed by atoms with Crippen LogP contribution >= 0.6 is 12.6 Å². The topological polar surface area (TPSA) is 29.1 Å². The van der Waals surface area contributed by atoms with E-state index in [1.165, 1.54) is 0 Å². The number of carbonyl (C=O) groups is 1. The van der Waals surface area contributed by atoms with Crippen LogP contribution in [0.3, 0.4) is 0 Å². The number of benzene rings is 1. The average molecular weight is 223 g/mol. The highest BCUT2D eigenvalue weighted by Gasteiger charge is 2.04. The van der Waals surface area contributed by atoms with Gasteiger partial charge in [0.2, 0.25) is 0 Å². The first-order valence-corrected chi connectivity index (χ1v) is 5.61. The highest BCUT2D eigenvalue weighted by Crippen LogP contribution is 2.08. The maximum atomic E-state index is 11.6. The molecule has 2 nitrogen and oxygen atoms in total. The number of amides is 1. The third-order valence-corrected chi connectivity index (χ3v) is 2.39. The lowest BCUT2D eigenvalue weighted by molar-refractivity contribution is 0.0952. The Hall–Kier alpha value is -0.960. The van der Waals surface area contributed by atoms with Crippen LogP contribution in [0.1, 0.15) is 30.6 Å². The van der Waals surface area contributed by atoms with Crippen molar-refractivity contribution in [1.29, 1.82) is 0 Å². The SMILES string of the molecule is CC(C)CCNC(=O)c1cccc(S)c1. The normalized spacial score (nSPS) is 10.4. The molecule has 0 bridgehead atoms. The van der Waals surface area contributed by atoms with Gasteiger partial charge >= 0.3 is 0 Å². The first-order valence-electron chi connectivity index (χ1n) is 5.17. The van der Waals surface area contributed by atoms with E-state index in [9.17, 15) is 4.79 Å². The molecule has 0 atom stereocenters. The number of hydrogen-bond acceptors (Lipinski definition) is 2. The van der Waals surface area contributed by atoms with Gasteiger partial charge in [0, 0.05) is 17.0 Å². The van der Waals surface area contributed by atoms with E-state index in [1.54, 1.807) is 12.1 Å². The molecule has 1 amide bonds. The summed E-state index contributed by atoms with van der Waals surface area (Å²) in [5.41, 5.74) is 0.672. The number of carbonyl (C=O) groups excluding carboxylic acids is 1. The third kappa shape index (κ3) is 4.38. The molecule has 0 spiro atoms. The van der Waals surface area contributed by atoms with Crippen molar-refractivity contribution in [2.45, 2.75) is 25.2 Å². The molecule has 0 saturated carbocycles. The molecule has 0 aliphatic rings. The fraction of sp³-hybridized carbons (Fsp3) is 0.417. The van der Waals surface area contributed by atoms with Gasteiger partial charge in [-0.2, -0.15) is 0 Å². The molecular formula is C12H17NOS. The van der Waals surface area contributed by atoms with Gasteiger partial charge in [0.1, 0.15) is 0 Å². The van der Waals surface area contributed by atoms with E-state index in [2.05, 4.69) is 31.8 Å². The lowest BCUT2D eigenvalue weighted by atomic mass is 10.1. The Morgan fingerprint density at radius 2 is 2.20 bits per heavy atom. The molecule has 0 saturated heterocycles. The smallest absolute Gasteiger partial charge is 0.251 e. The standard InChI is InChI=1S/C12H17NOS/c1-9(2)6-7-13-12(14)10-4-3-5-11(15)8-10/h3-5,8-9,15H,6-7H2,1-2H3,(H,13,14). The molecule has 1 rings (SSSR count). The summed E-state index contributed by atoms with van der Waals surface area (Å²) < 4.78 is 0. The predicted molar refractivity (Wildman–Crippen MR) is 65.5 cm³/mol. The lowest BCUT2D eigenvalue weighted by Crippen LogP contribution is -2.25. The van der Waals surface area contributed by atoms with E-state index in [0.29, 0.717) is 11.5 Å². The van der Waals surface area contributed by atoms with Gasteiger partial charge < -0.3 is 5.32 Å². The molecule has 1 aromatic carbocycles. The highest BCUT2D eigenvalue weighted by atomic mass is 32.1. The monoisotopic (exact) mass is 223 g/mol. The minimum atomic E-state index is -0.0217. The van der Waals surface area contributed by atoms with Gasteiger partial charge in [-0.3, -0.25) is 4.79 Å². The fourth-order valence-electron chi connectivity index (χ4n) is 1.22. The van der Waals surface area contributed by atoms with Crippen LogP contribution in [0.25, 0.3) is 0 Å². The minimum absolute atomic E-state index is 0.0217. The Morgan fingerprint density at radius 3 is 2.80 bits per heavy atom. The summed E-state index contributed by atoms with van der Waals surface area (Å²) in [4.78, 5) is 12.4. The Bertz CT molecular complexity index is 336. The summed E-state index contributed by atoms with van der Waals surface area (Å²) in [7, 11) is 0. The number of nitrogens with one attached hydrogen (secondary N) is 1. The molecule has 0 unspecified atom stereocenters. The highest BCUT2D eigenvalue weighted by molar-refractivity contribution is 7.80. The Balaban J connectivity index is 2.47. The second-order valence-electron chi connectivity index (χ2n) is 3.99. The van der Waals surface area contributed by atoms with Crippen LogP contribution in [0.2, 0.25) is 0 Å². The number of thiol groups is 1. The average Bonchev–Trinajstić information content (AvgIpc) is 2.17. The third-order valence-electron chi connectivity index (χ3n) is 2.12. The van der Waals surface area contributed by atoms with E-state index >= 15 is 0 Å². The van der Waals surface area contributed by atoms with Crippen LogP contribution < -0.4 is 5.32 Å². The van der Waals surface area contributed by atoms with Gasteiger partial charge in [0.15, 0.2) is 0 Å².